The lowest BCUT2D eigenvalue weighted by atomic mass is 9.83. The molecule has 0 bridgehead atoms. The number of anilines is 1. The Labute approximate surface area is 166 Å². The second kappa shape index (κ2) is 7.05. The smallest absolute Gasteiger partial charge is 0.232 e. The minimum absolute atomic E-state index is 0.0895. The van der Waals surface area contributed by atoms with Gasteiger partial charge in [0.05, 0.1) is 21.3 Å². The first-order valence-electron chi connectivity index (χ1n) is 8.83. The van der Waals surface area contributed by atoms with E-state index >= 15 is 0 Å². The summed E-state index contributed by atoms with van der Waals surface area (Å²) in [6.07, 6.45) is 4.81. The quantitative estimate of drug-likeness (QED) is 0.680. The molecule has 0 radical (unpaired) electrons. The third-order valence-corrected chi connectivity index (χ3v) is 6.15. The zero-order valence-electron chi connectivity index (χ0n) is 15.1. The molecule has 2 heterocycles. The van der Waals surface area contributed by atoms with Crippen molar-refractivity contribution in [1.29, 1.82) is 0 Å². The fourth-order valence-corrected chi connectivity index (χ4v) is 4.46. The van der Waals surface area contributed by atoms with Gasteiger partial charge in [-0.2, -0.15) is 0 Å². The number of fused-ring (bicyclic) bond motifs is 1. The van der Waals surface area contributed by atoms with Crippen molar-refractivity contribution in [2.24, 2.45) is 0 Å². The SMILES string of the molecule is CC(C)(C(=O)N[C@H]1C[C@@H](Nc2nc3ccccc3s2)C1)c1nccnc1Cl. The van der Waals surface area contributed by atoms with Crippen LogP contribution in [-0.4, -0.2) is 32.9 Å². The van der Waals surface area contributed by atoms with E-state index in [-0.39, 0.29) is 17.1 Å². The fourth-order valence-electron chi connectivity index (χ4n) is 3.18. The van der Waals surface area contributed by atoms with Crippen LogP contribution in [-0.2, 0) is 10.2 Å². The summed E-state index contributed by atoms with van der Waals surface area (Å²) in [4.78, 5) is 25.6. The molecule has 27 heavy (non-hydrogen) atoms. The molecule has 1 aliphatic carbocycles. The number of carbonyl (C=O) groups is 1. The molecule has 0 aliphatic heterocycles. The van der Waals surface area contributed by atoms with Gasteiger partial charge in [-0.05, 0) is 38.8 Å². The standard InChI is InChI=1S/C19H20ClN5OS/c1-19(2,15-16(20)22-8-7-21-15)17(26)23-11-9-12(10-11)24-18-25-13-5-3-4-6-14(13)27-18/h3-8,11-12H,9-10H2,1-2H3,(H,23,26)(H,24,25)/t11-,12+. The van der Waals surface area contributed by atoms with E-state index in [1.807, 2.05) is 32.0 Å². The molecule has 4 rings (SSSR count). The van der Waals surface area contributed by atoms with E-state index in [2.05, 4.69) is 31.7 Å². The summed E-state index contributed by atoms with van der Waals surface area (Å²) in [6, 6.07) is 8.55. The predicted molar refractivity (Wildman–Crippen MR) is 108 cm³/mol. The molecule has 1 fully saturated rings. The van der Waals surface area contributed by atoms with Crippen LogP contribution in [0.3, 0.4) is 0 Å². The highest BCUT2D eigenvalue weighted by atomic mass is 35.5. The molecular formula is C19H20ClN5OS. The topological polar surface area (TPSA) is 79.8 Å². The molecule has 8 heteroatoms. The van der Waals surface area contributed by atoms with Crippen molar-refractivity contribution in [1.82, 2.24) is 20.3 Å². The number of hydrogen-bond donors (Lipinski definition) is 2. The van der Waals surface area contributed by atoms with Crippen LogP contribution < -0.4 is 10.6 Å². The summed E-state index contributed by atoms with van der Waals surface area (Å²) in [5, 5.41) is 7.76. The molecule has 6 nitrogen and oxygen atoms in total. The number of halogens is 1. The number of thiazole rings is 1. The van der Waals surface area contributed by atoms with Gasteiger partial charge >= 0.3 is 0 Å². The highest BCUT2D eigenvalue weighted by Gasteiger charge is 2.38. The Morgan fingerprint density at radius 2 is 1.93 bits per heavy atom. The van der Waals surface area contributed by atoms with E-state index < -0.39 is 5.41 Å². The number of benzene rings is 1. The Hall–Kier alpha value is -2.25. The minimum Gasteiger partial charge on any atom is -0.359 e. The van der Waals surface area contributed by atoms with Crippen molar-refractivity contribution in [3.63, 3.8) is 0 Å². The maximum Gasteiger partial charge on any atom is 0.232 e. The number of carbonyl (C=O) groups excluding carboxylic acids is 1. The van der Waals surface area contributed by atoms with E-state index in [9.17, 15) is 4.79 Å². The van der Waals surface area contributed by atoms with Crippen LogP contribution in [0.4, 0.5) is 5.13 Å². The summed E-state index contributed by atoms with van der Waals surface area (Å²) < 4.78 is 1.17. The van der Waals surface area contributed by atoms with Crippen LogP contribution in [0, 0.1) is 0 Å². The second-order valence-electron chi connectivity index (χ2n) is 7.29. The molecule has 1 aliphatic rings. The Balaban J connectivity index is 1.33. The molecule has 3 aromatic rings. The summed E-state index contributed by atoms with van der Waals surface area (Å²) >= 11 is 7.77. The maximum atomic E-state index is 12.7. The van der Waals surface area contributed by atoms with Crippen molar-refractivity contribution < 1.29 is 4.79 Å². The summed E-state index contributed by atoms with van der Waals surface area (Å²) in [6.45, 7) is 3.63. The van der Waals surface area contributed by atoms with Crippen molar-refractivity contribution in [2.75, 3.05) is 5.32 Å². The lowest BCUT2D eigenvalue weighted by Crippen LogP contribution is -2.53. The molecule has 1 saturated carbocycles. The van der Waals surface area contributed by atoms with Gasteiger partial charge in [0.25, 0.3) is 0 Å². The van der Waals surface area contributed by atoms with E-state index in [1.54, 1.807) is 17.5 Å². The van der Waals surface area contributed by atoms with Gasteiger partial charge in [0.1, 0.15) is 0 Å². The highest BCUT2D eigenvalue weighted by molar-refractivity contribution is 7.22. The molecule has 2 aromatic heterocycles. The molecule has 140 valence electrons. The van der Waals surface area contributed by atoms with Gasteiger partial charge in [0.15, 0.2) is 10.3 Å². The van der Waals surface area contributed by atoms with Gasteiger partial charge in [-0.3, -0.25) is 9.78 Å². The molecule has 0 saturated heterocycles. The summed E-state index contributed by atoms with van der Waals surface area (Å²) in [5.74, 6) is -0.0895. The zero-order chi connectivity index (χ0) is 19.0. The molecule has 0 unspecified atom stereocenters. The molecule has 1 aromatic carbocycles. The Morgan fingerprint density at radius 3 is 2.67 bits per heavy atom. The average molecular weight is 402 g/mol. The van der Waals surface area contributed by atoms with Gasteiger partial charge in [0.2, 0.25) is 5.91 Å². The van der Waals surface area contributed by atoms with Crippen LogP contribution in [0.2, 0.25) is 5.15 Å². The van der Waals surface area contributed by atoms with Crippen molar-refractivity contribution >= 4 is 44.2 Å². The normalized spacial score (nSPS) is 19.5. The van der Waals surface area contributed by atoms with Crippen LogP contribution in [0.5, 0.6) is 0 Å². The third kappa shape index (κ3) is 3.61. The van der Waals surface area contributed by atoms with Gasteiger partial charge in [0, 0.05) is 24.5 Å². The predicted octanol–water partition coefficient (Wildman–Crippen LogP) is 3.78. The maximum absolute atomic E-state index is 12.7. The highest BCUT2D eigenvalue weighted by Crippen LogP contribution is 2.31. The molecule has 2 N–H and O–H groups in total. The first-order chi connectivity index (χ1) is 12.9. The number of hydrogen-bond acceptors (Lipinski definition) is 6. The Morgan fingerprint density at radius 1 is 1.19 bits per heavy atom. The number of nitrogens with one attached hydrogen (secondary N) is 2. The average Bonchev–Trinajstić information content (AvgIpc) is 3.02. The minimum atomic E-state index is -0.836. The van der Waals surface area contributed by atoms with Gasteiger partial charge < -0.3 is 10.6 Å². The third-order valence-electron chi connectivity index (χ3n) is 4.91. The fraction of sp³-hybridized carbons (Fsp3) is 0.368. The van der Waals surface area contributed by atoms with Gasteiger partial charge in [-0.25, -0.2) is 9.97 Å². The first kappa shape index (κ1) is 18.1. The molecule has 0 atom stereocenters. The van der Waals surface area contributed by atoms with E-state index in [0.29, 0.717) is 11.7 Å². The summed E-state index contributed by atoms with van der Waals surface area (Å²) in [7, 11) is 0. The van der Waals surface area contributed by atoms with Crippen molar-refractivity contribution in [3.05, 3.63) is 47.5 Å². The van der Waals surface area contributed by atoms with E-state index in [4.69, 9.17) is 11.6 Å². The number of rotatable bonds is 5. The lowest BCUT2D eigenvalue weighted by molar-refractivity contribution is -0.127. The Bertz CT molecular complexity index is 950. The zero-order valence-corrected chi connectivity index (χ0v) is 16.6. The number of aromatic nitrogens is 3. The van der Waals surface area contributed by atoms with Crippen LogP contribution >= 0.6 is 22.9 Å². The Kier molecular flexibility index (Phi) is 4.74. The largest absolute Gasteiger partial charge is 0.359 e. The molecular weight excluding hydrogens is 382 g/mol. The number of amides is 1. The second-order valence-corrected chi connectivity index (χ2v) is 8.68. The van der Waals surface area contributed by atoms with Crippen LogP contribution in [0.1, 0.15) is 32.4 Å². The number of para-hydroxylation sites is 1. The molecule has 1 amide bonds. The monoisotopic (exact) mass is 401 g/mol. The van der Waals surface area contributed by atoms with Crippen LogP contribution in [0.15, 0.2) is 36.7 Å². The first-order valence-corrected chi connectivity index (χ1v) is 10.0. The van der Waals surface area contributed by atoms with Crippen molar-refractivity contribution in [3.8, 4) is 0 Å². The van der Waals surface area contributed by atoms with Gasteiger partial charge in [-0.15, -0.1) is 0 Å². The number of nitrogens with zero attached hydrogens (tertiary/aromatic N) is 3. The lowest BCUT2D eigenvalue weighted by Gasteiger charge is -2.38. The van der Waals surface area contributed by atoms with Crippen LogP contribution in [0.25, 0.3) is 10.2 Å². The van der Waals surface area contributed by atoms with E-state index in [0.717, 1.165) is 23.5 Å². The van der Waals surface area contributed by atoms with Gasteiger partial charge in [-0.1, -0.05) is 35.1 Å². The van der Waals surface area contributed by atoms with E-state index in [1.165, 1.54) is 10.9 Å². The summed E-state index contributed by atoms with van der Waals surface area (Å²) in [5.41, 5.74) is 0.668. The molecule has 0 spiro atoms. The van der Waals surface area contributed by atoms with Crippen molar-refractivity contribution in [2.45, 2.75) is 44.2 Å².